The highest BCUT2D eigenvalue weighted by molar-refractivity contribution is 7.14. The highest BCUT2D eigenvalue weighted by atomic mass is 32.1. The molecule has 138 valence electrons. The van der Waals surface area contributed by atoms with Gasteiger partial charge in [0.1, 0.15) is 6.04 Å². The number of nitrogens with one attached hydrogen (secondary N) is 2. The number of aryl methyl sites for hydroxylation is 2. The summed E-state index contributed by atoms with van der Waals surface area (Å²) in [5.41, 5.74) is 4.72. The third-order valence-electron chi connectivity index (χ3n) is 4.61. The van der Waals surface area contributed by atoms with E-state index in [9.17, 15) is 9.59 Å². The Hall–Kier alpha value is -2.93. The highest BCUT2D eigenvalue weighted by Crippen LogP contribution is 2.30. The fourth-order valence-corrected chi connectivity index (χ4v) is 3.87. The van der Waals surface area contributed by atoms with E-state index in [1.165, 1.54) is 35.1 Å². The van der Waals surface area contributed by atoms with Gasteiger partial charge in [-0.25, -0.2) is 4.98 Å². The molecule has 2 heterocycles. The summed E-state index contributed by atoms with van der Waals surface area (Å²) in [5, 5.41) is 7.80. The summed E-state index contributed by atoms with van der Waals surface area (Å²) in [4.78, 5) is 28.8. The smallest absolute Gasteiger partial charge is 0.287 e. The molecule has 2 aromatic heterocycles. The molecule has 0 saturated carbocycles. The predicted octanol–water partition coefficient (Wildman–Crippen LogP) is 3.65. The van der Waals surface area contributed by atoms with Crippen molar-refractivity contribution >= 4 is 28.3 Å². The van der Waals surface area contributed by atoms with Gasteiger partial charge in [0.15, 0.2) is 10.9 Å². The van der Waals surface area contributed by atoms with Crippen LogP contribution < -0.4 is 10.6 Å². The number of benzene rings is 1. The number of hydrogen-bond donors (Lipinski definition) is 2. The molecule has 2 amide bonds. The number of hydrogen-bond acceptors (Lipinski definition) is 5. The van der Waals surface area contributed by atoms with Crippen molar-refractivity contribution in [1.29, 1.82) is 0 Å². The molecule has 3 aromatic rings. The van der Waals surface area contributed by atoms with E-state index in [4.69, 9.17) is 4.42 Å². The maximum absolute atomic E-state index is 12.3. The van der Waals surface area contributed by atoms with Gasteiger partial charge in [0.2, 0.25) is 5.91 Å². The molecule has 1 aliphatic carbocycles. The Bertz CT molecular complexity index is 978. The SMILES string of the molecule is C[C@H](NC(=O)c1ccco1)C(=O)Nc1nc(-c2ccc3c(c2)CCC3)cs1. The Morgan fingerprint density at radius 3 is 2.89 bits per heavy atom. The molecule has 2 N–H and O–H groups in total. The molecular weight excluding hydrogens is 362 g/mol. The number of carbonyl (C=O) groups excluding carboxylic acids is 2. The molecule has 0 saturated heterocycles. The Labute approximate surface area is 160 Å². The van der Waals surface area contributed by atoms with Crippen LogP contribution in [0.25, 0.3) is 11.3 Å². The van der Waals surface area contributed by atoms with Crippen LogP contribution in [-0.4, -0.2) is 22.8 Å². The molecule has 0 fully saturated rings. The first-order valence-corrected chi connectivity index (χ1v) is 9.71. The largest absolute Gasteiger partial charge is 0.459 e. The number of thiazole rings is 1. The molecule has 0 aliphatic heterocycles. The van der Waals surface area contributed by atoms with E-state index in [1.54, 1.807) is 19.1 Å². The van der Waals surface area contributed by atoms with E-state index >= 15 is 0 Å². The molecular formula is C20H19N3O3S. The zero-order chi connectivity index (χ0) is 18.8. The number of amides is 2. The number of rotatable bonds is 5. The van der Waals surface area contributed by atoms with E-state index in [0.717, 1.165) is 24.1 Å². The van der Waals surface area contributed by atoms with Crippen LogP contribution in [0.1, 0.15) is 35.0 Å². The number of fused-ring (bicyclic) bond motifs is 1. The molecule has 1 aliphatic rings. The van der Waals surface area contributed by atoms with Gasteiger partial charge in [-0.1, -0.05) is 12.1 Å². The molecule has 0 bridgehead atoms. The van der Waals surface area contributed by atoms with Crippen molar-refractivity contribution in [2.75, 3.05) is 5.32 Å². The lowest BCUT2D eigenvalue weighted by atomic mass is 10.1. The molecule has 27 heavy (non-hydrogen) atoms. The lowest BCUT2D eigenvalue weighted by Gasteiger charge is -2.11. The van der Waals surface area contributed by atoms with Gasteiger partial charge in [-0.3, -0.25) is 9.59 Å². The zero-order valence-electron chi connectivity index (χ0n) is 14.8. The average Bonchev–Trinajstić information content (AvgIpc) is 3.41. The lowest BCUT2D eigenvalue weighted by molar-refractivity contribution is -0.117. The second-order valence-electron chi connectivity index (χ2n) is 6.54. The minimum Gasteiger partial charge on any atom is -0.459 e. The van der Waals surface area contributed by atoms with Crippen molar-refractivity contribution in [3.05, 3.63) is 58.9 Å². The van der Waals surface area contributed by atoms with Gasteiger partial charge >= 0.3 is 0 Å². The minimum absolute atomic E-state index is 0.169. The summed E-state index contributed by atoms with van der Waals surface area (Å²) in [7, 11) is 0. The molecule has 1 atom stereocenters. The molecule has 0 spiro atoms. The van der Waals surface area contributed by atoms with E-state index in [1.807, 2.05) is 5.38 Å². The minimum atomic E-state index is -0.713. The van der Waals surface area contributed by atoms with Crippen LogP contribution in [0.2, 0.25) is 0 Å². The number of furan rings is 1. The molecule has 4 rings (SSSR count). The summed E-state index contributed by atoms with van der Waals surface area (Å²) < 4.78 is 5.02. The van der Waals surface area contributed by atoms with E-state index in [-0.39, 0.29) is 11.7 Å². The van der Waals surface area contributed by atoms with Crippen LogP contribution in [0.5, 0.6) is 0 Å². The van der Waals surface area contributed by atoms with Crippen LogP contribution in [0, 0.1) is 0 Å². The maximum atomic E-state index is 12.3. The standard InChI is InChI=1S/C20H19N3O3S/c1-12(21-19(25)17-6-3-9-26-17)18(24)23-20-22-16(11-27-20)15-8-7-13-4-2-5-14(13)10-15/h3,6-12H,2,4-5H2,1H3,(H,21,25)(H,22,23,24)/t12-/m0/s1. The van der Waals surface area contributed by atoms with Gasteiger partial charge in [-0.2, -0.15) is 0 Å². The molecule has 0 unspecified atom stereocenters. The van der Waals surface area contributed by atoms with Crippen molar-refractivity contribution in [1.82, 2.24) is 10.3 Å². The van der Waals surface area contributed by atoms with Crippen molar-refractivity contribution in [2.45, 2.75) is 32.2 Å². The third-order valence-corrected chi connectivity index (χ3v) is 5.37. The van der Waals surface area contributed by atoms with Gasteiger partial charge in [0.25, 0.3) is 5.91 Å². The normalized spacial score (nSPS) is 13.8. The lowest BCUT2D eigenvalue weighted by Crippen LogP contribution is -2.41. The first kappa shape index (κ1) is 17.5. The first-order chi connectivity index (χ1) is 13.1. The maximum Gasteiger partial charge on any atom is 0.287 e. The summed E-state index contributed by atoms with van der Waals surface area (Å²) in [6.45, 7) is 1.62. The first-order valence-electron chi connectivity index (χ1n) is 8.83. The van der Waals surface area contributed by atoms with E-state index in [0.29, 0.717) is 5.13 Å². The van der Waals surface area contributed by atoms with Crippen LogP contribution in [0.15, 0.2) is 46.4 Å². The molecule has 7 heteroatoms. The molecule has 6 nitrogen and oxygen atoms in total. The monoisotopic (exact) mass is 381 g/mol. The zero-order valence-corrected chi connectivity index (χ0v) is 15.6. The number of nitrogens with zero attached hydrogens (tertiary/aromatic N) is 1. The molecule has 1 aromatic carbocycles. The van der Waals surface area contributed by atoms with Gasteiger partial charge < -0.3 is 15.1 Å². The third kappa shape index (κ3) is 3.78. The van der Waals surface area contributed by atoms with Crippen LogP contribution in [0.4, 0.5) is 5.13 Å². The van der Waals surface area contributed by atoms with E-state index < -0.39 is 11.9 Å². The topological polar surface area (TPSA) is 84.2 Å². The van der Waals surface area contributed by atoms with Gasteiger partial charge in [-0.15, -0.1) is 11.3 Å². The summed E-state index contributed by atoms with van der Waals surface area (Å²) in [5.74, 6) is -0.590. The summed E-state index contributed by atoms with van der Waals surface area (Å²) in [6.07, 6.45) is 4.88. The molecule has 0 radical (unpaired) electrons. The van der Waals surface area contributed by atoms with E-state index in [2.05, 4.69) is 33.8 Å². The van der Waals surface area contributed by atoms with Crippen molar-refractivity contribution in [3.63, 3.8) is 0 Å². The fourth-order valence-electron chi connectivity index (χ4n) is 3.15. The van der Waals surface area contributed by atoms with Crippen molar-refractivity contribution < 1.29 is 14.0 Å². The van der Waals surface area contributed by atoms with Gasteiger partial charge in [-0.05, 0) is 55.5 Å². The summed E-state index contributed by atoms with van der Waals surface area (Å²) >= 11 is 1.37. The highest BCUT2D eigenvalue weighted by Gasteiger charge is 2.19. The van der Waals surface area contributed by atoms with Crippen molar-refractivity contribution in [3.8, 4) is 11.3 Å². The summed E-state index contributed by atoms with van der Waals surface area (Å²) in [6, 6.07) is 8.89. The second kappa shape index (κ2) is 7.36. The Morgan fingerprint density at radius 2 is 2.07 bits per heavy atom. The van der Waals surface area contributed by atoms with Crippen LogP contribution in [0.3, 0.4) is 0 Å². The number of aromatic nitrogens is 1. The fraction of sp³-hybridized carbons (Fsp3) is 0.250. The Balaban J connectivity index is 1.40. The Kier molecular flexibility index (Phi) is 4.77. The van der Waals surface area contributed by atoms with Crippen molar-refractivity contribution in [2.24, 2.45) is 0 Å². The average molecular weight is 381 g/mol. The Morgan fingerprint density at radius 1 is 1.22 bits per heavy atom. The predicted molar refractivity (Wildman–Crippen MR) is 104 cm³/mol. The van der Waals surface area contributed by atoms with Crippen LogP contribution >= 0.6 is 11.3 Å². The second-order valence-corrected chi connectivity index (χ2v) is 7.39. The van der Waals surface area contributed by atoms with Gasteiger partial charge in [0, 0.05) is 10.9 Å². The number of carbonyl (C=O) groups is 2. The number of anilines is 1. The van der Waals surface area contributed by atoms with Crippen LogP contribution in [-0.2, 0) is 17.6 Å². The quantitative estimate of drug-likeness (QED) is 0.707. The van der Waals surface area contributed by atoms with Gasteiger partial charge in [0.05, 0.1) is 12.0 Å².